The molecule has 0 saturated carbocycles. The molecule has 1 aliphatic rings. The van der Waals surface area contributed by atoms with E-state index in [2.05, 4.69) is 0 Å². The van der Waals surface area contributed by atoms with Gasteiger partial charge in [-0.15, -0.1) is 0 Å². The van der Waals surface area contributed by atoms with E-state index in [-0.39, 0.29) is 17.7 Å². The molecule has 1 heterocycles. The van der Waals surface area contributed by atoms with Crippen molar-refractivity contribution >= 4 is 23.6 Å². The summed E-state index contributed by atoms with van der Waals surface area (Å²) in [6.07, 6.45) is 5.06. The van der Waals surface area contributed by atoms with Crippen LogP contribution >= 0.6 is 11.8 Å². The normalized spacial score (nSPS) is 17.4. The van der Waals surface area contributed by atoms with Gasteiger partial charge in [0.05, 0.1) is 0 Å². The third-order valence-corrected chi connectivity index (χ3v) is 3.69. The summed E-state index contributed by atoms with van der Waals surface area (Å²) in [7, 11) is 0. The van der Waals surface area contributed by atoms with Gasteiger partial charge in [-0.1, -0.05) is 0 Å². The van der Waals surface area contributed by atoms with Crippen LogP contribution in [0.2, 0.25) is 0 Å². The summed E-state index contributed by atoms with van der Waals surface area (Å²) < 4.78 is 0. The largest absolute Gasteiger partial charge is 0.369 e. The molecule has 0 aliphatic carbocycles. The minimum absolute atomic E-state index is 0.0322. The summed E-state index contributed by atoms with van der Waals surface area (Å²) in [5.74, 6) is 0.991. The summed E-state index contributed by atoms with van der Waals surface area (Å²) in [5.41, 5.74) is 5.24. The second-order valence-electron chi connectivity index (χ2n) is 4.15. The summed E-state index contributed by atoms with van der Waals surface area (Å²) in [6.45, 7) is 1.37. The van der Waals surface area contributed by atoms with Crippen molar-refractivity contribution in [2.24, 2.45) is 11.7 Å². The van der Waals surface area contributed by atoms with Crippen LogP contribution in [0.5, 0.6) is 0 Å². The van der Waals surface area contributed by atoms with Crippen molar-refractivity contribution in [2.75, 3.05) is 25.1 Å². The standard InChI is InChI=1S/C11H20N2O2S/c1-16-8-2-3-10(14)13-6-4-9(5-7-13)11(12)15/h9H,2-8H2,1H3,(H2,12,15). The van der Waals surface area contributed by atoms with Gasteiger partial charge >= 0.3 is 0 Å². The van der Waals surface area contributed by atoms with Gasteiger partial charge in [0.25, 0.3) is 0 Å². The number of thioether (sulfide) groups is 1. The molecule has 0 spiro atoms. The molecule has 0 aromatic heterocycles. The first-order valence-corrected chi connectivity index (χ1v) is 7.10. The number of hydrogen-bond donors (Lipinski definition) is 1. The maximum atomic E-state index is 11.7. The van der Waals surface area contributed by atoms with Crippen LogP contribution in [0.25, 0.3) is 0 Å². The van der Waals surface area contributed by atoms with Crippen LogP contribution in [0.3, 0.4) is 0 Å². The molecule has 1 fully saturated rings. The molecule has 1 aliphatic heterocycles. The van der Waals surface area contributed by atoms with E-state index >= 15 is 0 Å². The van der Waals surface area contributed by atoms with E-state index in [4.69, 9.17) is 5.73 Å². The van der Waals surface area contributed by atoms with Gasteiger partial charge < -0.3 is 10.6 Å². The van der Waals surface area contributed by atoms with Crippen molar-refractivity contribution in [3.63, 3.8) is 0 Å². The number of likely N-dealkylation sites (tertiary alicyclic amines) is 1. The number of nitrogens with zero attached hydrogens (tertiary/aromatic N) is 1. The molecule has 92 valence electrons. The number of nitrogens with two attached hydrogens (primary N) is 1. The van der Waals surface area contributed by atoms with E-state index in [0.717, 1.165) is 25.0 Å². The predicted octanol–water partition coefficient (Wildman–Crippen LogP) is 0.854. The van der Waals surface area contributed by atoms with Crippen LogP contribution in [0.1, 0.15) is 25.7 Å². The lowest BCUT2D eigenvalue weighted by molar-refractivity contribution is -0.134. The first kappa shape index (κ1) is 13.4. The highest BCUT2D eigenvalue weighted by Gasteiger charge is 2.25. The van der Waals surface area contributed by atoms with Gasteiger partial charge in [-0.25, -0.2) is 0 Å². The Labute approximate surface area is 101 Å². The van der Waals surface area contributed by atoms with Crippen molar-refractivity contribution < 1.29 is 9.59 Å². The first-order valence-electron chi connectivity index (χ1n) is 5.71. The van der Waals surface area contributed by atoms with Crippen molar-refractivity contribution in [1.82, 2.24) is 4.90 Å². The second kappa shape index (κ2) is 6.78. The molecule has 0 atom stereocenters. The maximum absolute atomic E-state index is 11.7. The summed E-state index contributed by atoms with van der Waals surface area (Å²) in [4.78, 5) is 24.6. The van der Waals surface area contributed by atoms with Crippen molar-refractivity contribution in [3.8, 4) is 0 Å². The average molecular weight is 244 g/mol. The molecule has 0 aromatic rings. The quantitative estimate of drug-likeness (QED) is 0.729. The smallest absolute Gasteiger partial charge is 0.222 e. The van der Waals surface area contributed by atoms with Crippen LogP contribution in [0.4, 0.5) is 0 Å². The fourth-order valence-electron chi connectivity index (χ4n) is 1.94. The Morgan fingerprint density at radius 1 is 1.38 bits per heavy atom. The van der Waals surface area contributed by atoms with Crippen molar-refractivity contribution in [1.29, 1.82) is 0 Å². The number of carbonyl (C=O) groups excluding carboxylic acids is 2. The van der Waals surface area contributed by atoms with Gasteiger partial charge in [0, 0.05) is 25.4 Å². The zero-order valence-electron chi connectivity index (χ0n) is 9.78. The first-order chi connectivity index (χ1) is 7.65. The van der Waals surface area contributed by atoms with Gasteiger partial charge in [0.2, 0.25) is 11.8 Å². The molecule has 2 amide bonds. The zero-order chi connectivity index (χ0) is 12.0. The van der Waals surface area contributed by atoms with E-state index < -0.39 is 0 Å². The monoisotopic (exact) mass is 244 g/mol. The fraction of sp³-hybridized carbons (Fsp3) is 0.818. The lowest BCUT2D eigenvalue weighted by Crippen LogP contribution is -2.41. The van der Waals surface area contributed by atoms with E-state index in [1.165, 1.54) is 0 Å². The third kappa shape index (κ3) is 4.04. The predicted molar refractivity (Wildman–Crippen MR) is 66.1 cm³/mol. The van der Waals surface area contributed by atoms with Crippen molar-refractivity contribution in [2.45, 2.75) is 25.7 Å². The van der Waals surface area contributed by atoms with E-state index in [9.17, 15) is 9.59 Å². The lowest BCUT2D eigenvalue weighted by Gasteiger charge is -2.30. The zero-order valence-corrected chi connectivity index (χ0v) is 10.6. The Morgan fingerprint density at radius 3 is 2.50 bits per heavy atom. The van der Waals surface area contributed by atoms with E-state index in [0.29, 0.717) is 19.5 Å². The maximum Gasteiger partial charge on any atom is 0.222 e. The summed E-state index contributed by atoms with van der Waals surface area (Å²) in [6, 6.07) is 0. The van der Waals surface area contributed by atoms with Crippen LogP contribution in [0, 0.1) is 5.92 Å². The Balaban J connectivity index is 2.25. The van der Waals surface area contributed by atoms with Gasteiger partial charge in [0.1, 0.15) is 0 Å². The average Bonchev–Trinajstić information content (AvgIpc) is 2.29. The topological polar surface area (TPSA) is 63.4 Å². The second-order valence-corrected chi connectivity index (χ2v) is 5.14. The third-order valence-electron chi connectivity index (χ3n) is 2.99. The van der Waals surface area contributed by atoms with Gasteiger partial charge in [-0.05, 0) is 31.3 Å². The van der Waals surface area contributed by atoms with E-state index in [1.807, 2.05) is 11.2 Å². The Kier molecular flexibility index (Phi) is 5.66. The number of rotatable bonds is 5. The number of hydrogen-bond acceptors (Lipinski definition) is 3. The SMILES string of the molecule is CSCCCC(=O)N1CCC(C(N)=O)CC1. The molecule has 0 unspecified atom stereocenters. The minimum atomic E-state index is -0.227. The number of primary amides is 1. The highest BCUT2D eigenvalue weighted by molar-refractivity contribution is 7.98. The van der Waals surface area contributed by atoms with Crippen LogP contribution in [-0.2, 0) is 9.59 Å². The highest BCUT2D eigenvalue weighted by atomic mass is 32.2. The Bertz CT molecular complexity index is 250. The molecule has 2 N–H and O–H groups in total. The molecule has 0 radical (unpaired) electrons. The fourth-order valence-corrected chi connectivity index (χ4v) is 2.37. The molecule has 16 heavy (non-hydrogen) atoms. The van der Waals surface area contributed by atoms with Crippen LogP contribution < -0.4 is 5.73 Å². The summed E-state index contributed by atoms with van der Waals surface area (Å²) in [5, 5.41) is 0. The Hall–Kier alpha value is -0.710. The molecule has 5 heteroatoms. The molecule has 1 rings (SSSR count). The molecule has 0 aromatic carbocycles. The van der Waals surface area contributed by atoms with Gasteiger partial charge in [-0.2, -0.15) is 11.8 Å². The highest BCUT2D eigenvalue weighted by Crippen LogP contribution is 2.17. The molecule has 4 nitrogen and oxygen atoms in total. The molecule has 0 bridgehead atoms. The van der Waals surface area contributed by atoms with Gasteiger partial charge in [0.15, 0.2) is 0 Å². The minimum Gasteiger partial charge on any atom is -0.369 e. The summed E-state index contributed by atoms with van der Waals surface area (Å²) >= 11 is 1.76. The number of amides is 2. The van der Waals surface area contributed by atoms with Crippen LogP contribution in [-0.4, -0.2) is 41.8 Å². The molecular formula is C11H20N2O2S. The van der Waals surface area contributed by atoms with Crippen molar-refractivity contribution in [3.05, 3.63) is 0 Å². The van der Waals surface area contributed by atoms with Crippen LogP contribution in [0.15, 0.2) is 0 Å². The van der Waals surface area contributed by atoms with E-state index in [1.54, 1.807) is 11.8 Å². The molecule has 1 saturated heterocycles. The van der Waals surface area contributed by atoms with Gasteiger partial charge in [-0.3, -0.25) is 9.59 Å². The number of piperidine rings is 1. The molecular weight excluding hydrogens is 224 g/mol. The Morgan fingerprint density at radius 2 is 2.00 bits per heavy atom. The number of carbonyl (C=O) groups is 2. The lowest BCUT2D eigenvalue weighted by atomic mass is 9.96.